The molecule has 3 rings (SSSR count). The minimum atomic E-state index is -0.822. The van der Waals surface area contributed by atoms with Gasteiger partial charge < -0.3 is 15.8 Å². The van der Waals surface area contributed by atoms with E-state index in [1.165, 1.54) is 11.3 Å². The van der Waals surface area contributed by atoms with E-state index in [9.17, 15) is 9.59 Å². The Bertz CT molecular complexity index is 1100. The number of pyridine rings is 1. The number of anilines is 2. The Balaban J connectivity index is 1.57. The van der Waals surface area contributed by atoms with Crippen molar-refractivity contribution in [3.05, 3.63) is 66.8 Å². The Hall–Kier alpha value is -2.39. The highest BCUT2D eigenvalue weighted by atomic mass is 35.5. The summed E-state index contributed by atoms with van der Waals surface area (Å²) in [6.07, 6.45) is 0.100. The van der Waals surface area contributed by atoms with Crippen LogP contribution in [0, 0.1) is 6.92 Å². The van der Waals surface area contributed by atoms with Gasteiger partial charge in [0.2, 0.25) is 5.91 Å². The van der Waals surface area contributed by atoms with Crippen molar-refractivity contribution in [2.24, 2.45) is 0 Å². The molecule has 0 radical (unpaired) electrons. The van der Waals surface area contributed by atoms with Crippen LogP contribution in [0.15, 0.2) is 29.6 Å². The van der Waals surface area contributed by atoms with Gasteiger partial charge in [-0.15, -0.1) is 11.3 Å². The predicted octanol–water partition coefficient (Wildman–Crippen LogP) is 4.93. The molecule has 0 unspecified atom stereocenters. The van der Waals surface area contributed by atoms with E-state index < -0.39 is 5.97 Å². The highest BCUT2D eigenvalue weighted by Crippen LogP contribution is 2.34. The van der Waals surface area contributed by atoms with Gasteiger partial charge in [-0.05, 0) is 19.1 Å². The van der Waals surface area contributed by atoms with E-state index in [0.717, 1.165) is 5.56 Å². The second-order valence-corrected chi connectivity index (χ2v) is 8.25. The number of nitrogen functional groups attached to an aromatic ring is 1. The van der Waals surface area contributed by atoms with Gasteiger partial charge in [0.05, 0.1) is 22.8 Å². The molecule has 0 aliphatic heterocycles. The molecule has 0 atom stereocenters. The fraction of sp³-hybridized carbons (Fsp3) is 0.158. The normalized spacial score (nSPS) is 10.7. The zero-order valence-corrected chi connectivity index (χ0v) is 18.6. The molecule has 1 amide bonds. The SMILES string of the molecule is Cc1ccc(NC(=O)Cc2nc(COC(=O)c3nc(Cl)c(Cl)c(N)c3Cl)cs2)cc1. The Morgan fingerprint density at radius 1 is 1.13 bits per heavy atom. The van der Waals surface area contributed by atoms with Crippen LogP contribution in [0.25, 0.3) is 0 Å². The minimum absolute atomic E-state index is 0.0359. The topological polar surface area (TPSA) is 107 Å². The number of thiazole rings is 1. The summed E-state index contributed by atoms with van der Waals surface area (Å²) in [5.74, 6) is -1.02. The molecule has 0 bridgehead atoms. The summed E-state index contributed by atoms with van der Waals surface area (Å²) in [5, 5.41) is 4.76. The van der Waals surface area contributed by atoms with Gasteiger partial charge in [0.1, 0.15) is 16.6 Å². The summed E-state index contributed by atoms with van der Waals surface area (Å²) in [6.45, 7) is 1.84. The van der Waals surface area contributed by atoms with Crippen molar-refractivity contribution in [3.63, 3.8) is 0 Å². The minimum Gasteiger partial charge on any atom is -0.454 e. The van der Waals surface area contributed by atoms with E-state index in [-0.39, 0.29) is 45.5 Å². The Morgan fingerprint density at radius 2 is 1.83 bits per heavy atom. The third kappa shape index (κ3) is 5.40. The lowest BCUT2D eigenvalue weighted by atomic mass is 10.2. The summed E-state index contributed by atoms with van der Waals surface area (Å²) < 4.78 is 5.17. The van der Waals surface area contributed by atoms with Crippen molar-refractivity contribution in [2.75, 3.05) is 11.1 Å². The van der Waals surface area contributed by atoms with Gasteiger partial charge in [-0.2, -0.15) is 0 Å². The van der Waals surface area contributed by atoms with Crippen molar-refractivity contribution in [1.82, 2.24) is 9.97 Å². The molecule has 3 N–H and O–H groups in total. The van der Waals surface area contributed by atoms with Gasteiger partial charge in [-0.1, -0.05) is 52.5 Å². The quantitative estimate of drug-likeness (QED) is 0.379. The summed E-state index contributed by atoms with van der Waals surface area (Å²) >= 11 is 18.9. The number of nitrogens with one attached hydrogen (secondary N) is 1. The largest absolute Gasteiger partial charge is 0.454 e. The van der Waals surface area contributed by atoms with E-state index in [1.54, 1.807) is 5.38 Å². The highest BCUT2D eigenvalue weighted by Gasteiger charge is 2.21. The molecular formula is C19H15Cl3N4O3S. The smallest absolute Gasteiger partial charge is 0.359 e. The molecule has 11 heteroatoms. The van der Waals surface area contributed by atoms with E-state index in [4.69, 9.17) is 45.3 Å². The number of hydrogen-bond donors (Lipinski definition) is 2. The fourth-order valence-corrected chi connectivity index (χ4v) is 3.71. The van der Waals surface area contributed by atoms with E-state index in [1.807, 2.05) is 31.2 Å². The van der Waals surface area contributed by atoms with Crippen LogP contribution < -0.4 is 11.1 Å². The Morgan fingerprint density at radius 3 is 2.53 bits per heavy atom. The Kier molecular flexibility index (Phi) is 7.14. The number of aromatic nitrogens is 2. The Labute approximate surface area is 191 Å². The van der Waals surface area contributed by atoms with Crippen LogP contribution in [-0.4, -0.2) is 21.8 Å². The van der Waals surface area contributed by atoms with Gasteiger partial charge in [0.25, 0.3) is 0 Å². The van der Waals surface area contributed by atoms with Crippen molar-refractivity contribution < 1.29 is 14.3 Å². The second-order valence-electron chi connectivity index (χ2n) is 6.19. The summed E-state index contributed by atoms with van der Waals surface area (Å²) in [6, 6.07) is 7.48. The number of halogens is 3. The van der Waals surface area contributed by atoms with Crippen LogP contribution in [-0.2, 0) is 22.6 Å². The van der Waals surface area contributed by atoms with Crippen LogP contribution >= 0.6 is 46.1 Å². The third-order valence-electron chi connectivity index (χ3n) is 3.86. The molecule has 0 aliphatic rings. The lowest BCUT2D eigenvalue weighted by molar-refractivity contribution is -0.115. The summed E-state index contributed by atoms with van der Waals surface area (Å²) in [5.41, 5.74) is 7.70. The summed E-state index contributed by atoms with van der Waals surface area (Å²) in [7, 11) is 0. The lowest BCUT2D eigenvalue weighted by Gasteiger charge is -2.08. The number of esters is 1. The van der Waals surface area contributed by atoms with Crippen LogP contribution in [0.4, 0.5) is 11.4 Å². The number of benzene rings is 1. The fourth-order valence-electron chi connectivity index (χ4n) is 2.35. The van der Waals surface area contributed by atoms with Gasteiger partial charge >= 0.3 is 5.97 Å². The zero-order valence-electron chi connectivity index (χ0n) is 15.5. The van der Waals surface area contributed by atoms with Gasteiger partial charge in [0, 0.05) is 11.1 Å². The average Bonchev–Trinajstić information content (AvgIpc) is 3.16. The van der Waals surface area contributed by atoms with E-state index in [0.29, 0.717) is 16.4 Å². The third-order valence-corrected chi connectivity index (χ3v) is 5.90. The first-order valence-electron chi connectivity index (χ1n) is 8.51. The molecule has 0 aliphatic carbocycles. The van der Waals surface area contributed by atoms with Gasteiger partial charge in [-0.3, -0.25) is 4.79 Å². The van der Waals surface area contributed by atoms with Crippen molar-refractivity contribution in [1.29, 1.82) is 0 Å². The zero-order chi connectivity index (χ0) is 21.8. The van der Waals surface area contributed by atoms with E-state index >= 15 is 0 Å². The molecule has 1 aromatic carbocycles. The first-order chi connectivity index (χ1) is 14.2. The standard InChI is InChI=1S/C19H15Cl3N4O3S/c1-9-2-4-10(5-3-9)24-12(27)6-13-25-11(8-30-13)7-29-19(28)17-14(20)16(23)15(21)18(22)26-17/h2-5,8H,6-7H2,1H3,(H2,23,26)(H,24,27). The van der Waals surface area contributed by atoms with Crippen LogP contribution in [0.3, 0.4) is 0 Å². The molecule has 30 heavy (non-hydrogen) atoms. The van der Waals surface area contributed by atoms with Crippen LogP contribution in [0.2, 0.25) is 15.2 Å². The van der Waals surface area contributed by atoms with Crippen LogP contribution in [0.5, 0.6) is 0 Å². The molecule has 3 aromatic rings. The molecule has 0 saturated carbocycles. The molecular weight excluding hydrogens is 471 g/mol. The number of ether oxygens (including phenoxy) is 1. The molecule has 7 nitrogen and oxygen atoms in total. The monoisotopic (exact) mass is 484 g/mol. The molecule has 156 valence electrons. The van der Waals surface area contributed by atoms with Crippen molar-refractivity contribution in [2.45, 2.75) is 20.0 Å². The maximum atomic E-state index is 12.3. The number of nitrogens with zero attached hydrogens (tertiary/aromatic N) is 2. The number of amides is 1. The molecule has 0 spiro atoms. The summed E-state index contributed by atoms with van der Waals surface area (Å²) in [4.78, 5) is 32.5. The predicted molar refractivity (Wildman–Crippen MR) is 118 cm³/mol. The highest BCUT2D eigenvalue weighted by molar-refractivity contribution is 7.09. The maximum Gasteiger partial charge on any atom is 0.359 e. The molecule has 2 heterocycles. The first-order valence-corrected chi connectivity index (χ1v) is 10.5. The lowest BCUT2D eigenvalue weighted by Crippen LogP contribution is -2.14. The number of aryl methyl sites for hydroxylation is 1. The second kappa shape index (κ2) is 9.61. The molecule has 0 saturated heterocycles. The van der Waals surface area contributed by atoms with E-state index in [2.05, 4.69) is 15.3 Å². The maximum absolute atomic E-state index is 12.3. The molecule has 0 fully saturated rings. The van der Waals surface area contributed by atoms with Crippen molar-refractivity contribution in [3.8, 4) is 0 Å². The van der Waals surface area contributed by atoms with Gasteiger partial charge in [-0.25, -0.2) is 14.8 Å². The number of carbonyl (C=O) groups excluding carboxylic acids is 2. The average molecular weight is 486 g/mol. The van der Waals surface area contributed by atoms with Crippen molar-refractivity contribution >= 4 is 69.4 Å². The number of rotatable bonds is 6. The van der Waals surface area contributed by atoms with Crippen LogP contribution in [0.1, 0.15) is 26.8 Å². The van der Waals surface area contributed by atoms with Gasteiger partial charge in [0.15, 0.2) is 10.8 Å². The number of carbonyl (C=O) groups is 2. The first kappa shape index (κ1) is 22.3. The molecule has 2 aromatic heterocycles. The number of hydrogen-bond acceptors (Lipinski definition) is 7. The number of nitrogens with two attached hydrogens (primary N) is 1.